The molecular formula is C19H28N4O3. The Morgan fingerprint density at radius 1 is 1.19 bits per heavy atom. The molecule has 1 amide bonds. The van der Waals surface area contributed by atoms with Gasteiger partial charge in [0.2, 0.25) is 5.91 Å². The lowest BCUT2D eigenvalue weighted by molar-refractivity contribution is -0.122. The molecule has 26 heavy (non-hydrogen) atoms. The van der Waals surface area contributed by atoms with Gasteiger partial charge in [-0.25, -0.2) is 4.79 Å². The molecule has 0 spiro atoms. The first-order chi connectivity index (χ1) is 12.6. The summed E-state index contributed by atoms with van der Waals surface area (Å²) in [4.78, 5) is 27.5. The van der Waals surface area contributed by atoms with E-state index in [9.17, 15) is 9.59 Å². The molecule has 0 saturated carbocycles. The summed E-state index contributed by atoms with van der Waals surface area (Å²) in [5.41, 5.74) is 1.57. The maximum atomic E-state index is 12.7. The number of carbonyl (C=O) groups excluding carboxylic acids is 1. The quantitative estimate of drug-likeness (QED) is 0.801. The highest BCUT2D eigenvalue weighted by atomic mass is 16.5. The molecule has 2 aromatic rings. The van der Waals surface area contributed by atoms with E-state index in [4.69, 9.17) is 4.74 Å². The Hall–Kier alpha value is -2.12. The van der Waals surface area contributed by atoms with E-state index >= 15 is 0 Å². The van der Waals surface area contributed by atoms with E-state index in [2.05, 4.69) is 10.2 Å². The summed E-state index contributed by atoms with van der Waals surface area (Å²) in [7, 11) is 0. The summed E-state index contributed by atoms with van der Waals surface area (Å²) < 4.78 is 8.67. The molecule has 7 heteroatoms. The van der Waals surface area contributed by atoms with E-state index in [0.29, 0.717) is 6.54 Å². The topological polar surface area (TPSA) is 68.5 Å². The summed E-state index contributed by atoms with van der Waals surface area (Å²) in [6.07, 6.45) is 0.872. The van der Waals surface area contributed by atoms with Gasteiger partial charge in [-0.1, -0.05) is 19.1 Å². The van der Waals surface area contributed by atoms with Crippen LogP contribution in [0, 0.1) is 0 Å². The number of fused-ring (bicyclic) bond motifs is 1. The number of hydrogen-bond donors (Lipinski definition) is 1. The zero-order valence-corrected chi connectivity index (χ0v) is 15.6. The fourth-order valence-electron chi connectivity index (χ4n) is 3.55. The number of benzene rings is 1. The van der Waals surface area contributed by atoms with Gasteiger partial charge >= 0.3 is 5.69 Å². The van der Waals surface area contributed by atoms with Crippen molar-refractivity contribution in [1.82, 2.24) is 19.4 Å². The molecule has 1 aromatic heterocycles. The Morgan fingerprint density at radius 2 is 1.85 bits per heavy atom. The normalized spacial score (nSPS) is 16.7. The van der Waals surface area contributed by atoms with E-state index in [1.54, 1.807) is 9.13 Å². The average Bonchev–Trinajstić information content (AvgIpc) is 2.89. The highest BCUT2D eigenvalue weighted by Crippen LogP contribution is 2.13. The predicted octanol–water partition coefficient (Wildman–Crippen LogP) is 1.05. The van der Waals surface area contributed by atoms with Crippen molar-refractivity contribution >= 4 is 16.9 Å². The zero-order chi connectivity index (χ0) is 18.5. The first-order valence-electron chi connectivity index (χ1n) is 9.37. The minimum atomic E-state index is -0.132. The molecule has 3 rings (SSSR count). The monoisotopic (exact) mass is 360 g/mol. The number of imidazole rings is 1. The lowest BCUT2D eigenvalue weighted by Gasteiger charge is -2.29. The van der Waals surface area contributed by atoms with Crippen LogP contribution < -0.4 is 11.0 Å². The summed E-state index contributed by atoms with van der Waals surface area (Å²) in [5, 5.41) is 3.02. The Morgan fingerprint density at radius 3 is 2.50 bits per heavy atom. The summed E-state index contributed by atoms with van der Waals surface area (Å²) in [6, 6.07) is 7.67. The molecule has 0 unspecified atom stereocenters. The number of ether oxygens (including phenoxy) is 1. The Kier molecular flexibility index (Phi) is 6.11. The standard InChI is InChI=1S/C19H28N4O3/c1-3-8-22-16-6-4-5-7-17(16)23(19(22)25)14-18(24)20-15(2)13-21-9-11-26-12-10-21/h4-7,15H,3,8-14H2,1-2H3,(H,20,24)/t15-/m1/s1. The number of nitrogens with zero attached hydrogens (tertiary/aromatic N) is 3. The predicted molar refractivity (Wildman–Crippen MR) is 101 cm³/mol. The van der Waals surface area contributed by atoms with Crippen molar-refractivity contribution in [1.29, 1.82) is 0 Å². The van der Waals surface area contributed by atoms with Gasteiger partial charge in [0.1, 0.15) is 6.54 Å². The Balaban J connectivity index is 1.69. The van der Waals surface area contributed by atoms with Gasteiger partial charge in [0.15, 0.2) is 0 Å². The number of hydrogen-bond acceptors (Lipinski definition) is 4. The van der Waals surface area contributed by atoms with Crippen LogP contribution in [0.4, 0.5) is 0 Å². The highest BCUT2D eigenvalue weighted by Gasteiger charge is 2.18. The van der Waals surface area contributed by atoms with Crippen LogP contribution in [-0.2, 0) is 22.6 Å². The summed E-state index contributed by atoms with van der Waals surface area (Å²) in [6.45, 7) is 8.80. The minimum Gasteiger partial charge on any atom is -0.379 e. The maximum Gasteiger partial charge on any atom is 0.329 e. The van der Waals surface area contributed by atoms with Crippen LogP contribution in [-0.4, -0.2) is 58.8 Å². The molecule has 7 nitrogen and oxygen atoms in total. The van der Waals surface area contributed by atoms with Crippen molar-refractivity contribution in [3.63, 3.8) is 0 Å². The lowest BCUT2D eigenvalue weighted by atomic mass is 10.2. The van der Waals surface area contributed by atoms with Crippen molar-refractivity contribution in [2.75, 3.05) is 32.8 Å². The second-order valence-electron chi connectivity index (χ2n) is 6.89. The van der Waals surface area contributed by atoms with E-state index in [1.165, 1.54) is 0 Å². The highest BCUT2D eigenvalue weighted by molar-refractivity contribution is 5.81. The van der Waals surface area contributed by atoms with Gasteiger partial charge in [0.25, 0.3) is 0 Å². The van der Waals surface area contributed by atoms with E-state index in [-0.39, 0.29) is 24.2 Å². The van der Waals surface area contributed by atoms with Crippen molar-refractivity contribution in [2.45, 2.75) is 39.4 Å². The SMILES string of the molecule is CCCn1c(=O)n(CC(=O)N[C@H](C)CN2CCOCC2)c2ccccc21. The first-order valence-corrected chi connectivity index (χ1v) is 9.37. The van der Waals surface area contributed by atoms with Crippen LogP contribution in [0.1, 0.15) is 20.3 Å². The van der Waals surface area contributed by atoms with Crippen molar-refractivity contribution in [2.24, 2.45) is 0 Å². The number of amides is 1. The Bertz CT molecular complexity index is 805. The van der Waals surface area contributed by atoms with Gasteiger partial charge in [-0.3, -0.25) is 18.8 Å². The van der Waals surface area contributed by atoms with E-state index < -0.39 is 0 Å². The van der Waals surface area contributed by atoms with Crippen molar-refractivity contribution < 1.29 is 9.53 Å². The number of nitrogens with one attached hydrogen (secondary N) is 1. The second kappa shape index (κ2) is 8.51. The molecular weight excluding hydrogens is 332 g/mol. The third-order valence-corrected chi connectivity index (χ3v) is 4.72. The molecule has 0 radical (unpaired) electrons. The molecule has 1 saturated heterocycles. The third-order valence-electron chi connectivity index (χ3n) is 4.72. The summed E-state index contributed by atoms with van der Waals surface area (Å²) >= 11 is 0. The number of aromatic nitrogens is 2. The molecule has 2 heterocycles. The average molecular weight is 360 g/mol. The molecule has 0 aliphatic carbocycles. The number of morpholine rings is 1. The smallest absolute Gasteiger partial charge is 0.329 e. The lowest BCUT2D eigenvalue weighted by Crippen LogP contribution is -2.47. The number of aryl methyl sites for hydroxylation is 1. The van der Waals surface area contributed by atoms with Crippen LogP contribution in [0.2, 0.25) is 0 Å². The second-order valence-corrected chi connectivity index (χ2v) is 6.89. The molecule has 1 fully saturated rings. The van der Waals surface area contributed by atoms with E-state index in [1.807, 2.05) is 38.1 Å². The van der Waals surface area contributed by atoms with Crippen LogP contribution in [0.25, 0.3) is 11.0 Å². The fraction of sp³-hybridized carbons (Fsp3) is 0.579. The molecule has 1 atom stereocenters. The van der Waals surface area contributed by atoms with Gasteiger partial charge < -0.3 is 10.1 Å². The van der Waals surface area contributed by atoms with Crippen LogP contribution in [0.3, 0.4) is 0 Å². The van der Waals surface area contributed by atoms with Crippen molar-refractivity contribution in [3.05, 3.63) is 34.7 Å². The number of carbonyl (C=O) groups is 1. The van der Waals surface area contributed by atoms with E-state index in [0.717, 1.165) is 50.3 Å². The minimum absolute atomic E-state index is 0.0280. The van der Waals surface area contributed by atoms with Crippen LogP contribution in [0.5, 0.6) is 0 Å². The molecule has 1 aliphatic heterocycles. The maximum absolute atomic E-state index is 12.7. The van der Waals surface area contributed by atoms with Gasteiger partial charge in [-0.05, 0) is 25.5 Å². The van der Waals surface area contributed by atoms with Crippen molar-refractivity contribution in [3.8, 4) is 0 Å². The first kappa shape index (κ1) is 18.7. The molecule has 1 aromatic carbocycles. The summed E-state index contributed by atoms with van der Waals surface area (Å²) in [5.74, 6) is -0.132. The molecule has 0 bridgehead atoms. The number of para-hydroxylation sites is 2. The van der Waals surface area contributed by atoms with Gasteiger partial charge in [-0.15, -0.1) is 0 Å². The molecule has 1 aliphatic rings. The van der Waals surface area contributed by atoms with Gasteiger partial charge in [0, 0.05) is 32.2 Å². The van der Waals surface area contributed by atoms with Gasteiger partial charge in [0.05, 0.1) is 24.2 Å². The number of rotatable bonds is 7. The van der Waals surface area contributed by atoms with Gasteiger partial charge in [-0.2, -0.15) is 0 Å². The van der Waals surface area contributed by atoms with Crippen LogP contribution >= 0.6 is 0 Å². The fourth-order valence-corrected chi connectivity index (χ4v) is 3.55. The third kappa shape index (κ3) is 4.16. The molecule has 1 N–H and O–H groups in total. The molecule has 142 valence electrons. The van der Waals surface area contributed by atoms with Crippen LogP contribution in [0.15, 0.2) is 29.1 Å². The largest absolute Gasteiger partial charge is 0.379 e. The Labute approximate surface area is 153 Å². The zero-order valence-electron chi connectivity index (χ0n) is 15.6.